The topological polar surface area (TPSA) is 34.2 Å². The molecule has 0 aliphatic carbocycles. The molecule has 0 spiro atoms. The van der Waals surface area contributed by atoms with E-state index in [4.69, 9.17) is 16.3 Å². The molecule has 0 saturated heterocycles. The van der Waals surface area contributed by atoms with Gasteiger partial charge in [-0.3, -0.25) is 4.98 Å². The second-order valence-electron chi connectivity index (χ2n) is 3.74. The Bertz CT molecular complexity index is 548. The zero-order valence-electron chi connectivity index (χ0n) is 9.78. The van der Waals surface area contributed by atoms with Crippen LogP contribution in [0.3, 0.4) is 0 Å². The van der Waals surface area contributed by atoms with Gasteiger partial charge in [0.15, 0.2) is 0 Å². The van der Waals surface area contributed by atoms with Gasteiger partial charge in [-0.05, 0) is 52.8 Å². The first kappa shape index (κ1) is 13.3. The molecule has 0 saturated carbocycles. The fourth-order valence-corrected chi connectivity index (χ4v) is 2.27. The molecule has 18 heavy (non-hydrogen) atoms. The van der Waals surface area contributed by atoms with E-state index in [1.165, 1.54) is 0 Å². The SMILES string of the molecule is CNCc1cncc(Oc2ccc(Cl)cc2Br)c1. The second-order valence-corrected chi connectivity index (χ2v) is 5.03. The third kappa shape index (κ3) is 3.45. The summed E-state index contributed by atoms with van der Waals surface area (Å²) < 4.78 is 6.57. The van der Waals surface area contributed by atoms with E-state index in [1.54, 1.807) is 24.5 Å². The van der Waals surface area contributed by atoms with Crippen molar-refractivity contribution >= 4 is 27.5 Å². The largest absolute Gasteiger partial charge is 0.455 e. The molecular weight excluding hydrogens is 316 g/mol. The van der Waals surface area contributed by atoms with Crippen LogP contribution in [0.4, 0.5) is 0 Å². The Morgan fingerprint density at radius 1 is 1.33 bits per heavy atom. The maximum atomic E-state index is 5.88. The van der Waals surface area contributed by atoms with Crippen LogP contribution in [0.15, 0.2) is 41.1 Å². The van der Waals surface area contributed by atoms with E-state index >= 15 is 0 Å². The monoisotopic (exact) mass is 326 g/mol. The Labute approximate surface area is 119 Å². The Kier molecular flexibility index (Phi) is 4.58. The summed E-state index contributed by atoms with van der Waals surface area (Å²) >= 11 is 9.29. The lowest BCUT2D eigenvalue weighted by Crippen LogP contribution is -2.05. The zero-order chi connectivity index (χ0) is 13.0. The molecule has 0 bridgehead atoms. The predicted octanol–water partition coefficient (Wildman–Crippen LogP) is 4.01. The first-order valence-corrected chi connectivity index (χ1v) is 6.57. The summed E-state index contributed by atoms with van der Waals surface area (Å²) in [5.74, 6) is 1.41. The highest BCUT2D eigenvalue weighted by Crippen LogP contribution is 2.31. The minimum Gasteiger partial charge on any atom is -0.455 e. The summed E-state index contributed by atoms with van der Waals surface area (Å²) in [6.45, 7) is 0.756. The molecule has 2 aromatic rings. The molecule has 0 aliphatic heterocycles. The van der Waals surface area contributed by atoms with Gasteiger partial charge >= 0.3 is 0 Å². The number of aromatic nitrogens is 1. The van der Waals surface area contributed by atoms with Gasteiger partial charge in [0.25, 0.3) is 0 Å². The van der Waals surface area contributed by atoms with E-state index in [9.17, 15) is 0 Å². The maximum Gasteiger partial charge on any atom is 0.146 e. The lowest BCUT2D eigenvalue weighted by atomic mass is 10.3. The van der Waals surface area contributed by atoms with Crippen LogP contribution >= 0.6 is 27.5 Å². The molecular formula is C13H12BrClN2O. The average molecular weight is 328 g/mol. The van der Waals surface area contributed by atoms with Crippen molar-refractivity contribution < 1.29 is 4.74 Å². The number of benzene rings is 1. The first-order chi connectivity index (χ1) is 8.69. The first-order valence-electron chi connectivity index (χ1n) is 5.40. The van der Waals surface area contributed by atoms with Crippen molar-refractivity contribution in [3.05, 3.63) is 51.7 Å². The Morgan fingerprint density at radius 3 is 2.89 bits per heavy atom. The summed E-state index contributed by atoms with van der Waals surface area (Å²) in [5.41, 5.74) is 1.07. The third-order valence-electron chi connectivity index (χ3n) is 2.27. The van der Waals surface area contributed by atoms with Crippen LogP contribution in [0.25, 0.3) is 0 Å². The van der Waals surface area contributed by atoms with Crippen molar-refractivity contribution in [2.45, 2.75) is 6.54 Å². The van der Waals surface area contributed by atoms with E-state index in [-0.39, 0.29) is 0 Å². The normalized spacial score (nSPS) is 10.4. The molecule has 1 aromatic carbocycles. The summed E-state index contributed by atoms with van der Waals surface area (Å²) in [7, 11) is 1.89. The molecule has 0 fully saturated rings. The number of halogens is 2. The molecule has 0 amide bonds. The van der Waals surface area contributed by atoms with E-state index in [0.29, 0.717) is 16.5 Å². The number of ether oxygens (including phenoxy) is 1. The second kappa shape index (κ2) is 6.18. The molecule has 2 rings (SSSR count). The molecule has 94 valence electrons. The van der Waals surface area contributed by atoms with Gasteiger partial charge in [0.2, 0.25) is 0 Å². The molecule has 5 heteroatoms. The molecule has 0 unspecified atom stereocenters. The average Bonchev–Trinajstić information content (AvgIpc) is 2.34. The van der Waals surface area contributed by atoms with Crippen LogP contribution in [0.2, 0.25) is 5.02 Å². The van der Waals surface area contributed by atoms with Gasteiger partial charge < -0.3 is 10.1 Å². The summed E-state index contributed by atoms with van der Waals surface area (Å²) in [6, 6.07) is 7.34. The Morgan fingerprint density at radius 2 is 2.17 bits per heavy atom. The van der Waals surface area contributed by atoms with Gasteiger partial charge in [-0.15, -0.1) is 0 Å². The summed E-state index contributed by atoms with van der Waals surface area (Å²) in [6.07, 6.45) is 3.49. The number of rotatable bonds is 4. The summed E-state index contributed by atoms with van der Waals surface area (Å²) in [4.78, 5) is 4.14. The number of hydrogen-bond donors (Lipinski definition) is 1. The van der Waals surface area contributed by atoms with Crippen LogP contribution in [0.1, 0.15) is 5.56 Å². The smallest absolute Gasteiger partial charge is 0.146 e. The van der Waals surface area contributed by atoms with Crippen LogP contribution in [-0.4, -0.2) is 12.0 Å². The minimum absolute atomic E-state index is 0.663. The number of nitrogens with zero attached hydrogens (tertiary/aromatic N) is 1. The molecule has 0 atom stereocenters. The summed E-state index contributed by atoms with van der Waals surface area (Å²) in [5, 5.41) is 3.73. The molecule has 0 aliphatic rings. The van der Waals surface area contributed by atoms with Crippen LogP contribution in [0.5, 0.6) is 11.5 Å². The van der Waals surface area contributed by atoms with Gasteiger partial charge in [-0.25, -0.2) is 0 Å². The number of hydrogen-bond acceptors (Lipinski definition) is 3. The maximum absolute atomic E-state index is 5.88. The van der Waals surface area contributed by atoms with E-state index < -0.39 is 0 Å². The molecule has 0 radical (unpaired) electrons. The predicted molar refractivity (Wildman–Crippen MR) is 76.2 cm³/mol. The van der Waals surface area contributed by atoms with Crippen molar-refractivity contribution in [2.24, 2.45) is 0 Å². The van der Waals surface area contributed by atoms with E-state index in [2.05, 4.69) is 26.2 Å². The van der Waals surface area contributed by atoms with E-state index in [1.807, 2.05) is 19.2 Å². The van der Waals surface area contributed by atoms with Crippen LogP contribution in [-0.2, 0) is 6.54 Å². The fraction of sp³-hybridized carbons (Fsp3) is 0.154. The number of pyridine rings is 1. The van der Waals surface area contributed by atoms with Crippen molar-refractivity contribution in [1.82, 2.24) is 10.3 Å². The molecule has 3 nitrogen and oxygen atoms in total. The van der Waals surface area contributed by atoms with Crippen molar-refractivity contribution in [1.29, 1.82) is 0 Å². The van der Waals surface area contributed by atoms with Gasteiger partial charge in [0.05, 0.1) is 10.7 Å². The molecule has 1 aromatic heterocycles. The van der Waals surface area contributed by atoms with Crippen molar-refractivity contribution in [3.63, 3.8) is 0 Å². The van der Waals surface area contributed by atoms with Gasteiger partial charge in [-0.2, -0.15) is 0 Å². The number of nitrogens with one attached hydrogen (secondary N) is 1. The lowest BCUT2D eigenvalue weighted by Gasteiger charge is -2.08. The third-order valence-corrected chi connectivity index (χ3v) is 3.13. The van der Waals surface area contributed by atoms with Crippen molar-refractivity contribution in [2.75, 3.05) is 7.05 Å². The molecule has 1 N–H and O–H groups in total. The Hall–Kier alpha value is -1.10. The zero-order valence-corrected chi connectivity index (χ0v) is 12.1. The van der Waals surface area contributed by atoms with Crippen LogP contribution < -0.4 is 10.1 Å². The molecule has 1 heterocycles. The van der Waals surface area contributed by atoms with Gasteiger partial charge in [0.1, 0.15) is 11.5 Å². The highest BCUT2D eigenvalue weighted by molar-refractivity contribution is 9.10. The van der Waals surface area contributed by atoms with Gasteiger partial charge in [0, 0.05) is 17.8 Å². The fourth-order valence-electron chi connectivity index (χ4n) is 1.51. The van der Waals surface area contributed by atoms with Gasteiger partial charge in [-0.1, -0.05) is 11.6 Å². The highest BCUT2D eigenvalue weighted by Gasteiger charge is 2.04. The van der Waals surface area contributed by atoms with E-state index in [0.717, 1.165) is 16.6 Å². The standard InChI is InChI=1S/C13H12BrClN2O/c1-16-6-9-4-11(8-17-7-9)18-13-3-2-10(15)5-12(13)14/h2-5,7-8,16H,6H2,1H3. The minimum atomic E-state index is 0.663. The quantitative estimate of drug-likeness (QED) is 0.921. The highest BCUT2D eigenvalue weighted by atomic mass is 79.9. The Balaban J connectivity index is 2.20. The van der Waals surface area contributed by atoms with Crippen molar-refractivity contribution in [3.8, 4) is 11.5 Å². The lowest BCUT2D eigenvalue weighted by molar-refractivity contribution is 0.476. The van der Waals surface area contributed by atoms with Crippen LogP contribution in [0, 0.1) is 0 Å².